The van der Waals surface area contributed by atoms with E-state index >= 15 is 0 Å². The van der Waals surface area contributed by atoms with Gasteiger partial charge in [-0.05, 0) is 67.6 Å². The third kappa shape index (κ3) is 7.57. The topological polar surface area (TPSA) is 117 Å². The molecule has 0 radical (unpaired) electrons. The lowest BCUT2D eigenvalue weighted by Gasteiger charge is -2.10. The van der Waals surface area contributed by atoms with Crippen LogP contribution >= 0.6 is 22.7 Å². The van der Waals surface area contributed by atoms with Gasteiger partial charge in [-0.1, -0.05) is 49.3 Å². The molecule has 12 heteroatoms. The minimum absolute atomic E-state index is 0.0509. The highest BCUT2D eigenvalue weighted by molar-refractivity contribution is 7.80. The highest BCUT2D eigenvalue weighted by atomic mass is 32.2. The van der Waals surface area contributed by atoms with Crippen LogP contribution in [0.5, 0.6) is 0 Å². The number of hydrogen-bond acceptors (Lipinski definition) is 6. The minimum atomic E-state index is -2.40. The molecule has 1 fully saturated rings. The van der Waals surface area contributed by atoms with E-state index in [9.17, 15) is 18.5 Å². The molecule has 0 spiro atoms. The Morgan fingerprint density at radius 3 is 2.71 bits per heavy atom. The van der Waals surface area contributed by atoms with Gasteiger partial charge in [0.25, 0.3) is 11.3 Å². The van der Waals surface area contributed by atoms with Crippen molar-refractivity contribution in [2.24, 2.45) is 5.92 Å². The Labute approximate surface area is 270 Å². The van der Waals surface area contributed by atoms with Crippen LogP contribution in [0.2, 0.25) is 0 Å². The molecule has 0 saturated heterocycles. The van der Waals surface area contributed by atoms with Crippen LogP contribution in [-0.2, 0) is 24.1 Å². The minimum Gasteiger partial charge on any atom is -0.476 e. The number of thiophene rings is 1. The molecule has 0 bridgehead atoms. The third-order valence-corrected chi connectivity index (χ3v) is 9.65. The highest BCUT2D eigenvalue weighted by Gasteiger charge is 2.25. The standard InChI is InChI=1S/C33H29FN4O4S3/c1-20-8-13-25(44-20)14-11-22-5-2-6-24(16-22)31-26(17-23-12-15-28(27(34)18-23)37-45(41)42)30(7-3-4-21-9-10-21)38(36-31)33-35-29(19-43-33)32(39)40/h2,5-6,8,12-13,15-16,18-19,21,37H,3-4,7,9-10,17H2,1H3,(H,39,40)(H,41,42). The summed E-state index contributed by atoms with van der Waals surface area (Å²) >= 11 is 0.440. The van der Waals surface area contributed by atoms with Crippen LogP contribution in [0.3, 0.4) is 0 Å². The quantitative estimate of drug-likeness (QED) is 0.1000. The number of carboxylic acids is 1. The van der Waals surface area contributed by atoms with E-state index in [4.69, 9.17) is 9.65 Å². The van der Waals surface area contributed by atoms with Crippen LogP contribution in [0.25, 0.3) is 16.4 Å². The van der Waals surface area contributed by atoms with Crippen molar-refractivity contribution in [2.75, 3.05) is 4.72 Å². The number of aryl methyl sites for hydroxylation is 1. The van der Waals surface area contributed by atoms with E-state index in [1.54, 1.807) is 22.1 Å². The van der Waals surface area contributed by atoms with Crippen molar-refractivity contribution < 1.29 is 23.1 Å². The number of nitrogens with one attached hydrogen (secondary N) is 1. The Bertz CT molecular complexity index is 1970. The SMILES string of the molecule is Cc1ccc(C#Cc2cccc(-c3nn(-c4nc(C(=O)O)cs4)c(CCCC4CC4)c3Cc3ccc(NS(=O)O)c(F)c3)c2)s1. The maximum Gasteiger partial charge on any atom is 0.355 e. The lowest BCUT2D eigenvalue weighted by atomic mass is 9.96. The summed E-state index contributed by atoms with van der Waals surface area (Å²) in [6.45, 7) is 2.04. The van der Waals surface area contributed by atoms with Gasteiger partial charge in [0.2, 0.25) is 5.13 Å². The first kappa shape index (κ1) is 30.9. The fourth-order valence-corrected chi connectivity index (χ4v) is 7.02. The van der Waals surface area contributed by atoms with E-state index in [0.717, 1.165) is 46.0 Å². The Kier molecular flexibility index (Phi) is 9.23. The molecule has 1 unspecified atom stereocenters. The number of aromatic nitrogens is 3. The lowest BCUT2D eigenvalue weighted by molar-refractivity contribution is 0.0691. The summed E-state index contributed by atoms with van der Waals surface area (Å²) in [6, 6.07) is 16.3. The highest BCUT2D eigenvalue weighted by Crippen LogP contribution is 2.36. The van der Waals surface area contributed by atoms with Crippen LogP contribution in [0.4, 0.5) is 10.1 Å². The summed E-state index contributed by atoms with van der Waals surface area (Å²) in [7, 11) is 0. The number of rotatable bonds is 11. The number of carbonyl (C=O) groups is 1. The summed E-state index contributed by atoms with van der Waals surface area (Å²) in [4.78, 5) is 18.2. The van der Waals surface area contributed by atoms with Crippen molar-refractivity contribution in [3.05, 3.63) is 104 Å². The molecule has 5 aromatic rings. The second-order valence-corrected chi connectivity index (χ2v) is 13.8. The average molecular weight is 661 g/mol. The van der Waals surface area contributed by atoms with Gasteiger partial charge in [-0.15, -0.1) is 22.7 Å². The summed E-state index contributed by atoms with van der Waals surface area (Å²) in [5.74, 6) is 5.46. The van der Waals surface area contributed by atoms with E-state index in [1.807, 2.05) is 43.3 Å². The predicted octanol–water partition coefficient (Wildman–Crippen LogP) is 7.47. The molecule has 1 saturated carbocycles. The van der Waals surface area contributed by atoms with Gasteiger partial charge in [0, 0.05) is 33.4 Å². The zero-order chi connectivity index (χ0) is 31.5. The van der Waals surface area contributed by atoms with E-state index in [-0.39, 0.29) is 11.4 Å². The van der Waals surface area contributed by atoms with E-state index in [2.05, 4.69) is 21.5 Å². The number of anilines is 1. The first-order valence-corrected chi connectivity index (χ1v) is 17.2. The molecule has 2 aromatic carbocycles. The molecule has 3 aromatic heterocycles. The molecule has 0 aliphatic heterocycles. The molecule has 8 nitrogen and oxygen atoms in total. The van der Waals surface area contributed by atoms with Gasteiger partial charge in [-0.3, -0.25) is 9.27 Å². The largest absolute Gasteiger partial charge is 0.476 e. The number of benzene rings is 2. The van der Waals surface area contributed by atoms with Gasteiger partial charge in [-0.2, -0.15) is 5.10 Å². The Balaban J connectivity index is 1.45. The maximum atomic E-state index is 15.0. The first-order valence-electron chi connectivity index (χ1n) is 14.4. The molecule has 1 aliphatic rings. The lowest BCUT2D eigenvalue weighted by Crippen LogP contribution is -2.06. The second kappa shape index (κ2) is 13.5. The van der Waals surface area contributed by atoms with Crippen molar-refractivity contribution in [2.45, 2.75) is 45.4 Å². The molecular weight excluding hydrogens is 632 g/mol. The molecule has 45 heavy (non-hydrogen) atoms. The Morgan fingerprint density at radius 2 is 2.02 bits per heavy atom. The van der Waals surface area contributed by atoms with Crippen LogP contribution in [-0.4, -0.2) is 34.6 Å². The molecule has 1 atom stereocenters. The Hall–Kier alpha value is -4.15. The number of nitrogens with zero attached hydrogens (tertiary/aromatic N) is 3. The summed E-state index contributed by atoms with van der Waals surface area (Å²) in [5, 5.41) is 16.5. The van der Waals surface area contributed by atoms with Gasteiger partial charge in [0.05, 0.1) is 22.0 Å². The first-order chi connectivity index (χ1) is 21.7. The molecule has 0 amide bonds. The number of thiazole rings is 1. The molecule has 1 aliphatic carbocycles. The van der Waals surface area contributed by atoms with Crippen LogP contribution in [0.15, 0.2) is 60.0 Å². The van der Waals surface area contributed by atoms with Crippen molar-refractivity contribution in [1.29, 1.82) is 0 Å². The van der Waals surface area contributed by atoms with Gasteiger partial charge < -0.3 is 5.11 Å². The summed E-state index contributed by atoms with van der Waals surface area (Å²) < 4.78 is 39.3. The van der Waals surface area contributed by atoms with Crippen molar-refractivity contribution in [3.8, 4) is 28.2 Å². The summed E-state index contributed by atoms with van der Waals surface area (Å²) in [6.07, 6.45) is 5.49. The van der Waals surface area contributed by atoms with Gasteiger partial charge >= 0.3 is 5.97 Å². The van der Waals surface area contributed by atoms with Crippen molar-refractivity contribution in [3.63, 3.8) is 0 Å². The zero-order valence-electron chi connectivity index (χ0n) is 24.2. The number of carboxylic acid groups (broad SMARTS) is 1. The number of aromatic carboxylic acids is 1. The smallest absolute Gasteiger partial charge is 0.355 e. The van der Waals surface area contributed by atoms with Crippen molar-refractivity contribution in [1.82, 2.24) is 14.8 Å². The van der Waals surface area contributed by atoms with E-state index in [0.29, 0.717) is 29.2 Å². The van der Waals surface area contributed by atoms with E-state index in [1.165, 1.54) is 46.6 Å². The number of halogens is 1. The van der Waals surface area contributed by atoms with Gasteiger partial charge in [0.15, 0.2) is 5.69 Å². The van der Waals surface area contributed by atoms with E-state index < -0.39 is 23.1 Å². The average Bonchev–Trinajstić information content (AvgIpc) is 3.36. The molecule has 3 N–H and O–H groups in total. The van der Waals surface area contributed by atoms with Crippen LogP contribution in [0, 0.1) is 30.5 Å². The van der Waals surface area contributed by atoms with Gasteiger partial charge in [-0.25, -0.2) is 23.1 Å². The van der Waals surface area contributed by atoms with Crippen LogP contribution < -0.4 is 4.72 Å². The van der Waals surface area contributed by atoms with Crippen molar-refractivity contribution >= 4 is 45.6 Å². The zero-order valence-corrected chi connectivity index (χ0v) is 26.7. The Morgan fingerprint density at radius 1 is 1.18 bits per heavy atom. The number of hydrogen-bond donors (Lipinski definition) is 3. The molecule has 6 rings (SSSR count). The van der Waals surface area contributed by atoms with Crippen LogP contribution in [0.1, 0.15) is 68.3 Å². The fraction of sp³-hybridized carbons (Fsp3) is 0.242. The molecule has 3 heterocycles. The maximum absolute atomic E-state index is 15.0. The fourth-order valence-electron chi connectivity index (χ4n) is 5.17. The summed E-state index contributed by atoms with van der Waals surface area (Å²) in [5.41, 5.74) is 4.62. The molecular formula is C33H29FN4O4S3. The van der Waals surface area contributed by atoms with Gasteiger partial charge in [0.1, 0.15) is 5.82 Å². The second-order valence-electron chi connectivity index (χ2n) is 10.9. The monoisotopic (exact) mass is 660 g/mol. The normalized spacial score (nSPS) is 13.3. The predicted molar refractivity (Wildman–Crippen MR) is 176 cm³/mol. The molecule has 230 valence electrons. The third-order valence-electron chi connectivity index (χ3n) is 7.52.